The maximum Gasteiger partial charge on any atom is 0.337 e. The lowest BCUT2D eigenvalue weighted by Crippen LogP contribution is -2.43. The van der Waals surface area contributed by atoms with Crippen molar-refractivity contribution in [3.8, 4) is 11.4 Å². The Kier molecular flexibility index (Phi) is 6.49. The molecule has 0 saturated heterocycles. The number of carbonyl (C=O) groups excluding carboxylic acids is 2. The standard InChI is InChI=1S/C26H23N5O3S/c1-34-25(33)20-14-12-18(13-15-20)21-22(24(32)27-16-17-8-4-2-5-9-17)35-26-29-28-23(31(26)30-21)19-10-6-3-7-11-19/h2-15,21-22,30H,16H2,1H3,(H,27,32)/t21-,22+/m0/s1. The highest BCUT2D eigenvalue weighted by Crippen LogP contribution is 2.38. The summed E-state index contributed by atoms with van der Waals surface area (Å²) in [7, 11) is 1.35. The monoisotopic (exact) mass is 485 g/mol. The smallest absolute Gasteiger partial charge is 0.337 e. The molecule has 0 saturated carbocycles. The summed E-state index contributed by atoms with van der Waals surface area (Å²) in [4.78, 5) is 25.3. The van der Waals surface area contributed by atoms with Crippen LogP contribution in [0.25, 0.3) is 11.4 Å². The van der Waals surface area contributed by atoms with Gasteiger partial charge < -0.3 is 15.5 Å². The lowest BCUT2D eigenvalue weighted by molar-refractivity contribution is -0.121. The van der Waals surface area contributed by atoms with Gasteiger partial charge in [0.1, 0.15) is 5.25 Å². The van der Waals surface area contributed by atoms with Crippen molar-refractivity contribution in [1.82, 2.24) is 20.2 Å². The summed E-state index contributed by atoms with van der Waals surface area (Å²) in [6.45, 7) is 0.423. The second-order valence-electron chi connectivity index (χ2n) is 7.97. The van der Waals surface area contributed by atoms with E-state index in [-0.39, 0.29) is 5.91 Å². The third-order valence-corrected chi connectivity index (χ3v) is 6.94. The fourth-order valence-corrected chi connectivity index (χ4v) is 5.01. The summed E-state index contributed by atoms with van der Waals surface area (Å²) in [6.07, 6.45) is 0. The largest absolute Gasteiger partial charge is 0.465 e. The maximum absolute atomic E-state index is 13.4. The molecule has 0 bridgehead atoms. The van der Waals surface area contributed by atoms with Crippen LogP contribution in [0.3, 0.4) is 0 Å². The Hall–Kier alpha value is -4.11. The Morgan fingerprint density at radius 3 is 2.34 bits per heavy atom. The minimum Gasteiger partial charge on any atom is -0.465 e. The molecule has 4 aromatic rings. The van der Waals surface area contributed by atoms with Crippen molar-refractivity contribution in [3.05, 3.63) is 102 Å². The van der Waals surface area contributed by atoms with Crippen molar-refractivity contribution in [2.75, 3.05) is 12.5 Å². The van der Waals surface area contributed by atoms with Crippen LogP contribution < -0.4 is 10.7 Å². The van der Waals surface area contributed by atoms with Crippen molar-refractivity contribution >= 4 is 23.6 Å². The molecule has 176 valence electrons. The van der Waals surface area contributed by atoms with Gasteiger partial charge in [-0.3, -0.25) is 4.79 Å². The van der Waals surface area contributed by atoms with Gasteiger partial charge in [0.2, 0.25) is 11.1 Å². The Labute approximate surface area is 206 Å². The van der Waals surface area contributed by atoms with E-state index in [1.807, 2.05) is 77.5 Å². The molecule has 0 unspecified atom stereocenters. The molecular weight excluding hydrogens is 462 g/mol. The maximum atomic E-state index is 13.4. The number of methoxy groups -OCH3 is 1. The van der Waals surface area contributed by atoms with Gasteiger partial charge in [-0.15, -0.1) is 10.2 Å². The number of fused-ring (bicyclic) bond motifs is 1. The molecule has 0 aliphatic carbocycles. The fraction of sp³-hybridized carbons (Fsp3) is 0.154. The molecule has 1 amide bonds. The van der Waals surface area contributed by atoms with Crippen molar-refractivity contribution in [1.29, 1.82) is 0 Å². The van der Waals surface area contributed by atoms with Crippen LogP contribution in [0.15, 0.2) is 90.1 Å². The van der Waals surface area contributed by atoms with Crippen LogP contribution in [0.2, 0.25) is 0 Å². The van der Waals surface area contributed by atoms with Gasteiger partial charge in [0.25, 0.3) is 0 Å². The first-order valence-corrected chi connectivity index (χ1v) is 12.0. The predicted molar refractivity (Wildman–Crippen MR) is 133 cm³/mol. The first-order valence-electron chi connectivity index (χ1n) is 11.1. The number of nitrogens with zero attached hydrogens (tertiary/aromatic N) is 3. The predicted octanol–water partition coefficient (Wildman–Crippen LogP) is 3.81. The van der Waals surface area contributed by atoms with E-state index in [0.717, 1.165) is 16.7 Å². The van der Waals surface area contributed by atoms with E-state index < -0.39 is 17.3 Å². The van der Waals surface area contributed by atoms with Crippen molar-refractivity contribution in [3.63, 3.8) is 0 Å². The van der Waals surface area contributed by atoms with Crippen LogP contribution in [0.5, 0.6) is 0 Å². The zero-order valence-electron chi connectivity index (χ0n) is 18.9. The molecule has 1 aliphatic heterocycles. The van der Waals surface area contributed by atoms with Crippen LogP contribution in [-0.2, 0) is 16.1 Å². The van der Waals surface area contributed by atoms with Gasteiger partial charge in [-0.1, -0.05) is 84.6 Å². The molecule has 0 spiro atoms. The van der Waals surface area contributed by atoms with Crippen LogP contribution in [0.4, 0.5) is 0 Å². The first kappa shape index (κ1) is 22.7. The lowest BCUT2D eigenvalue weighted by atomic mass is 10.0. The zero-order valence-corrected chi connectivity index (χ0v) is 19.7. The van der Waals surface area contributed by atoms with Crippen molar-refractivity contribution < 1.29 is 14.3 Å². The second kappa shape index (κ2) is 10.0. The third kappa shape index (κ3) is 4.76. The highest BCUT2D eigenvalue weighted by molar-refractivity contribution is 8.00. The van der Waals surface area contributed by atoms with E-state index in [4.69, 9.17) is 4.74 Å². The van der Waals surface area contributed by atoms with Crippen LogP contribution in [-0.4, -0.2) is 39.1 Å². The second-order valence-corrected chi connectivity index (χ2v) is 9.08. The minimum absolute atomic E-state index is 0.121. The zero-order chi connectivity index (χ0) is 24.2. The third-order valence-electron chi connectivity index (χ3n) is 5.73. The topological polar surface area (TPSA) is 98.1 Å². The van der Waals surface area contributed by atoms with E-state index in [9.17, 15) is 9.59 Å². The van der Waals surface area contributed by atoms with Crippen LogP contribution >= 0.6 is 11.8 Å². The van der Waals surface area contributed by atoms with Gasteiger partial charge >= 0.3 is 5.97 Å². The molecule has 35 heavy (non-hydrogen) atoms. The quantitative estimate of drug-likeness (QED) is 0.401. The summed E-state index contributed by atoms with van der Waals surface area (Å²) in [5.74, 6) is 0.128. The summed E-state index contributed by atoms with van der Waals surface area (Å²) in [5, 5.41) is 11.8. The minimum atomic E-state index is -0.511. The molecule has 9 heteroatoms. The number of esters is 1. The molecule has 8 nitrogen and oxygen atoms in total. The van der Waals surface area contributed by atoms with E-state index in [1.165, 1.54) is 18.9 Å². The fourth-order valence-electron chi connectivity index (χ4n) is 3.91. The number of ether oxygens (including phenoxy) is 1. The summed E-state index contributed by atoms with van der Waals surface area (Å²) in [6, 6.07) is 26.2. The SMILES string of the molecule is COC(=O)c1ccc([C@@H]2Nn3c(nnc3-c3ccccc3)S[C@H]2C(=O)NCc2ccccc2)cc1. The molecular formula is C26H23N5O3S. The molecule has 0 fully saturated rings. The van der Waals surface area contributed by atoms with Crippen molar-refractivity contribution in [2.45, 2.75) is 23.0 Å². The molecule has 2 atom stereocenters. The molecule has 5 rings (SSSR count). The number of thioether (sulfide) groups is 1. The van der Waals surface area contributed by atoms with Crippen LogP contribution in [0, 0.1) is 0 Å². The number of nitrogens with one attached hydrogen (secondary N) is 2. The molecule has 1 aromatic heterocycles. The first-order chi connectivity index (χ1) is 17.1. The Balaban J connectivity index is 1.46. The van der Waals surface area contributed by atoms with Gasteiger partial charge in [0, 0.05) is 12.1 Å². The highest BCUT2D eigenvalue weighted by Gasteiger charge is 2.38. The van der Waals surface area contributed by atoms with Crippen LogP contribution in [0.1, 0.15) is 27.5 Å². The van der Waals surface area contributed by atoms with Gasteiger partial charge in [0.05, 0.1) is 18.7 Å². The number of hydrogen-bond donors (Lipinski definition) is 2. The summed E-state index contributed by atoms with van der Waals surface area (Å²) < 4.78 is 6.63. The normalized spacial score (nSPS) is 16.6. The van der Waals surface area contributed by atoms with Gasteiger partial charge in [0.15, 0.2) is 5.82 Å². The number of carbonyl (C=O) groups is 2. The average Bonchev–Trinajstić information content (AvgIpc) is 3.35. The molecule has 2 heterocycles. The Morgan fingerprint density at radius 2 is 1.66 bits per heavy atom. The number of amides is 1. The van der Waals surface area contributed by atoms with E-state index >= 15 is 0 Å². The highest BCUT2D eigenvalue weighted by atomic mass is 32.2. The summed E-state index contributed by atoms with van der Waals surface area (Å²) >= 11 is 1.36. The Morgan fingerprint density at radius 1 is 0.971 bits per heavy atom. The number of benzene rings is 3. The molecule has 1 aliphatic rings. The molecule has 0 radical (unpaired) electrons. The van der Waals surface area contributed by atoms with E-state index in [0.29, 0.717) is 23.1 Å². The van der Waals surface area contributed by atoms with Gasteiger partial charge in [-0.25, -0.2) is 9.47 Å². The molecule has 3 aromatic carbocycles. The summed E-state index contributed by atoms with van der Waals surface area (Å²) in [5.41, 5.74) is 6.67. The van der Waals surface area contributed by atoms with Gasteiger partial charge in [-0.05, 0) is 23.3 Å². The number of aromatic nitrogens is 3. The van der Waals surface area contributed by atoms with Gasteiger partial charge in [-0.2, -0.15) is 0 Å². The Bertz CT molecular complexity index is 1330. The van der Waals surface area contributed by atoms with E-state index in [1.54, 1.807) is 12.1 Å². The lowest BCUT2D eigenvalue weighted by Gasteiger charge is -2.33. The number of hydrogen-bond acceptors (Lipinski definition) is 7. The number of rotatable bonds is 6. The van der Waals surface area contributed by atoms with E-state index in [2.05, 4.69) is 20.9 Å². The molecule has 2 N–H and O–H groups in total. The van der Waals surface area contributed by atoms with Crippen molar-refractivity contribution in [2.24, 2.45) is 0 Å². The average molecular weight is 486 g/mol.